The lowest BCUT2D eigenvalue weighted by Gasteiger charge is -2.06. The van der Waals surface area contributed by atoms with Gasteiger partial charge in [0.15, 0.2) is 0 Å². The van der Waals surface area contributed by atoms with Crippen LogP contribution in [0.2, 0.25) is 0 Å². The second kappa shape index (κ2) is 6.70. The number of non-ortho nitro benzene ring substituents is 1. The van der Waals surface area contributed by atoms with Crippen LogP contribution in [0.5, 0.6) is 0 Å². The largest absolute Gasteiger partial charge is 0.393 e. The highest BCUT2D eigenvalue weighted by molar-refractivity contribution is 5.94. The molecule has 98 valence electrons. The van der Waals surface area contributed by atoms with Crippen molar-refractivity contribution in [2.45, 2.75) is 25.9 Å². The van der Waals surface area contributed by atoms with Gasteiger partial charge in [-0.15, -0.1) is 0 Å². The fraction of sp³-hybridized carbons (Fsp3) is 0.417. The molecule has 18 heavy (non-hydrogen) atoms. The van der Waals surface area contributed by atoms with E-state index in [0.29, 0.717) is 19.4 Å². The number of aliphatic hydroxyl groups is 1. The van der Waals surface area contributed by atoms with Crippen molar-refractivity contribution >= 4 is 11.6 Å². The smallest absolute Gasteiger partial charge is 0.270 e. The molecule has 0 bridgehead atoms. The first-order valence-corrected chi connectivity index (χ1v) is 5.71. The number of benzene rings is 1. The van der Waals surface area contributed by atoms with Gasteiger partial charge in [-0.05, 0) is 25.8 Å². The molecule has 0 aliphatic heterocycles. The van der Waals surface area contributed by atoms with E-state index in [9.17, 15) is 14.9 Å². The van der Waals surface area contributed by atoms with Gasteiger partial charge in [0, 0.05) is 24.2 Å². The van der Waals surface area contributed by atoms with E-state index in [1.54, 1.807) is 6.92 Å². The third-order valence-corrected chi connectivity index (χ3v) is 2.40. The van der Waals surface area contributed by atoms with Crippen molar-refractivity contribution in [3.05, 3.63) is 39.9 Å². The van der Waals surface area contributed by atoms with Crippen LogP contribution in [-0.4, -0.2) is 28.6 Å². The molecule has 0 fully saturated rings. The highest BCUT2D eigenvalue weighted by atomic mass is 16.6. The first kappa shape index (κ1) is 14.1. The van der Waals surface area contributed by atoms with Crippen LogP contribution in [0.1, 0.15) is 30.1 Å². The van der Waals surface area contributed by atoms with Crippen molar-refractivity contribution in [1.82, 2.24) is 5.32 Å². The summed E-state index contributed by atoms with van der Waals surface area (Å²) in [5.41, 5.74) is 0.160. The summed E-state index contributed by atoms with van der Waals surface area (Å²) in [6, 6.07) is 5.58. The molecule has 1 rings (SSSR count). The highest BCUT2D eigenvalue weighted by Crippen LogP contribution is 2.12. The molecule has 0 radical (unpaired) electrons. The summed E-state index contributed by atoms with van der Waals surface area (Å²) < 4.78 is 0. The lowest BCUT2D eigenvalue weighted by molar-refractivity contribution is -0.384. The van der Waals surface area contributed by atoms with E-state index in [2.05, 4.69) is 5.32 Å². The van der Waals surface area contributed by atoms with Gasteiger partial charge in [0.25, 0.3) is 11.6 Å². The molecule has 0 aliphatic rings. The lowest BCUT2D eigenvalue weighted by Crippen LogP contribution is -2.25. The summed E-state index contributed by atoms with van der Waals surface area (Å²) in [4.78, 5) is 21.7. The third kappa shape index (κ3) is 4.50. The summed E-state index contributed by atoms with van der Waals surface area (Å²) in [6.45, 7) is 2.12. The number of hydrogen-bond acceptors (Lipinski definition) is 4. The molecule has 0 saturated heterocycles. The van der Waals surface area contributed by atoms with Gasteiger partial charge in [-0.25, -0.2) is 0 Å². The molecule has 1 amide bonds. The van der Waals surface area contributed by atoms with Crippen LogP contribution < -0.4 is 5.32 Å². The minimum atomic E-state index is -0.537. The number of amides is 1. The normalized spacial score (nSPS) is 11.9. The topological polar surface area (TPSA) is 92.5 Å². The molecular formula is C12H16N2O4. The van der Waals surface area contributed by atoms with Gasteiger partial charge in [-0.3, -0.25) is 14.9 Å². The summed E-state index contributed by atoms with van der Waals surface area (Å²) in [5.74, 6) is -0.343. The maximum atomic E-state index is 11.7. The number of aliphatic hydroxyl groups excluding tert-OH is 1. The predicted molar refractivity (Wildman–Crippen MR) is 66.3 cm³/mol. The summed E-state index contributed by atoms with van der Waals surface area (Å²) >= 11 is 0. The van der Waals surface area contributed by atoms with Gasteiger partial charge in [0.05, 0.1) is 11.0 Å². The second-order valence-electron chi connectivity index (χ2n) is 4.05. The van der Waals surface area contributed by atoms with E-state index in [1.807, 2.05) is 0 Å². The molecule has 0 aliphatic carbocycles. The fourth-order valence-corrected chi connectivity index (χ4v) is 1.46. The van der Waals surface area contributed by atoms with E-state index in [4.69, 9.17) is 5.11 Å². The van der Waals surface area contributed by atoms with Crippen LogP contribution in [0.4, 0.5) is 5.69 Å². The average Bonchev–Trinajstić information content (AvgIpc) is 2.34. The molecule has 1 atom stereocenters. The van der Waals surface area contributed by atoms with Crippen molar-refractivity contribution < 1.29 is 14.8 Å². The Balaban J connectivity index is 2.51. The highest BCUT2D eigenvalue weighted by Gasteiger charge is 2.10. The Morgan fingerprint density at radius 2 is 2.28 bits per heavy atom. The number of carbonyl (C=O) groups excluding carboxylic acids is 1. The van der Waals surface area contributed by atoms with Crippen molar-refractivity contribution in [3.8, 4) is 0 Å². The Kier molecular flexibility index (Phi) is 5.26. The van der Waals surface area contributed by atoms with Crippen molar-refractivity contribution in [2.75, 3.05) is 6.54 Å². The Morgan fingerprint density at radius 3 is 2.89 bits per heavy atom. The Morgan fingerprint density at radius 1 is 1.56 bits per heavy atom. The fourth-order valence-electron chi connectivity index (χ4n) is 1.46. The monoisotopic (exact) mass is 252 g/mol. The summed E-state index contributed by atoms with van der Waals surface area (Å²) in [7, 11) is 0. The SMILES string of the molecule is CC(O)CCCNC(=O)c1cccc([N+](=O)[O-])c1. The molecule has 0 saturated carbocycles. The minimum Gasteiger partial charge on any atom is -0.393 e. The maximum Gasteiger partial charge on any atom is 0.270 e. The molecule has 1 unspecified atom stereocenters. The molecule has 6 nitrogen and oxygen atoms in total. The number of nitrogens with zero attached hydrogens (tertiary/aromatic N) is 1. The maximum absolute atomic E-state index is 11.7. The molecular weight excluding hydrogens is 236 g/mol. The zero-order valence-corrected chi connectivity index (χ0v) is 10.1. The van der Waals surface area contributed by atoms with Crippen LogP contribution >= 0.6 is 0 Å². The van der Waals surface area contributed by atoms with Crippen LogP contribution in [0.3, 0.4) is 0 Å². The van der Waals surface area contributed by atoms with E-state index in [1.165, 1.54) is 24.3 Å². The van der Waals surface area contributed by atoms with E-state index in [-0.39, 0.29) is 23.3 Å². The van der Waals surface area contributed by atoms with Crippen LogP contribution in [0.15, 0.2) is 24.3 Å². The third-order valence-electron chi connectivity index (χ3n) is 2.40. The molecule has 1 aromatic rings. The second-order valence-corrected chi connectivity index (χ2v) is 4.05. The number of nitro groups is 1. The van der Waals surface area contributed by atoms with E-state index < -0.39 is 4.92 Å². The number of hydrogen-bond donors (Lipinski definition) is 2. The van der Waals surface area contributed by atoms with Crippen LogP contribution in [0.25, 0.3) is 0 Å². The zero-order valence-electron chi connectivity index (χ0n) is 10.1. The van der Waals surface area contributed by atoms with Crippen molar-refractivity contribution in [1.29, 1.82) is 0 Å². The Labute approximate surface area is 105 Å². The molecule has 0 heterocycles. The number of carbonyl (C=O) groups is 1. The first-order valence-electron chi connectivity index (χ1n) is 5.71. The quantitative estimate of drug-likeness (QED) is 0.455. The average molecular weight is 252 g/mol. The Bertz CT molecular complexity index is 432. The predicted octanol–water partition coefficient (Wildman–Crippen LogP) is 1.49. The van der Waals surface area contributed by atoms with Gasteiger partial charge >= 0.3 is 0 Å². The molecule has 6 heteroatoms. The zero-order chi connectivity index (χ0) is 13.5. The first-order chi connectivity index (χ1) is 8.50. The molecule has 2 N–H and O–H groups in total. The number of rotatable bonds is 6. The number of nitro benzene ring substituents is 1. The minimum absolute atomic E-state index is 0.105. The standard InChI is InChI=1S/C12H16N2O4/c1-9(15)4-3-7-13-12(16)10-5-2-6-11(8-10)14(17)18/h2,5-6,8-9,15H,3-4,7H2,1H3,(H,13,16). The summed E-state index contributed by atoms with van der Waals surface area (Å²) in [5, 5.41) is 22.2. The van der Waals surface area contributed by atoms with Gasteiger partial charge < -0.3 is 10.4 Å². The van der Waals surface area contributed by atoms with Gasteiger partial charge in [0.2, 0.25) is 0 Å². The van der Waals surface area contributed by atoms with Gasteiger partial charge in [-0.2, -0.15) is 0 Å². The Hall–Kier alpha value is -1.95. The van der Waals surface area contributed by atoms with Gasteiger partial charge in [-0.1, -0.05) is 6.07 Å². The van der Waals surface area contributed by atoms with Gasteiger partial charge in [0.1, 0.15) is 0 Å². The summed E-state index contributed by atoms with van der Waals surface area (Å²) in [6.07, 6.45) is 0.882. The van der Waals surface area contributed by atoms with E-state index >= 15 is 0 Å². The molecule has 0 aromatic heterocycles. The van der Waals surface area contributed by atoms with Crippen LogP contribution in [0, 0.1) is 10.1 Å². The van der Waals surface area contributed by atoms with E-state index in [0.717, 1.165) is 0 Å². The van der Waals surface area contributed by atoms with Crippen molar-refractivity contribution in [2.24, 2.45) is 0 Å². The molecule has 1 aromatic carbocycles. The molecule has 0 spiro atoms. The number of nitrogens with one attached hydrogen (secondary N) is 1. The van der Waals surface area contributed by atoms with Crippen LogP contribution in [-0.2, 0) is 0 Å². The van der Waals surface area contributed by atoms with Crippen molar-refractivity contribution in [3.63, 3.8) is 0 Å². The lowest BCUT2D eigenvalue weighted by atomic mass is 10.2.